The largest absolute Gasteiger partial charge is 0.710 e. The van der Waals surface area contributed by atoms with Crippen LogP contribution in [0.2, 0.25) is 0 Å². The topological polar surface area (TPSA) is 65.4 Å². The zero-order valence-corrected chi connectivity index (χ0v) is 8.77. The summed E-state index contributed by atoms with van der Waals surface area (Å²) in [5.74, 6) is 0.247. The van der Waals surface area contributed by atoms with Crippen molar-refractivity contribution in [2.45, 2.75) is 6.92 Å². The summed E-state index contributed by atoms with van der Waals surface area (Å²) in [6, 6.07) is 3.57. The molecule has 2 heterocycles. The van der Waals surface area contributed by atoms with Crippen molar-refractivity contribution in [2.75, 3.05) is 36.9 Å². The quantitative estimate of drug-likeness (QED) is 0.524. The van der Waals surface area contributed by atoms with Crippen LogP contribution >= 0.6 is 0 Å². The van der Waals surface area contributed by atoms with E-state index in [2.05, 4.69) is 4.90 Å². The molecule has 1 fully saturated rings. The van der Waals surface area contributed by atoms with Gasteiger partial charge < -0.3 is 14.8 Å². The van der Waals surface area contributed by atoms with E-state index in [9.17, 15) is 5.21 Å². The lowest BCUT2D eigenvalue weighted by Gasteiger charge is -2.29. The van der Waals surface area contributed by atoms with E-state index in [-0.39, 0.29) is 5.82 Å². The number of hydrogen-bond donors (Lipinski definition) is 1. The van der Waals surface area contributed by atoms with E-state index in [0.717, 1.165) is 36.7 Å². The monoisotopic (exact) mass is 209 g/mol. The first-order valence-corrected chi connectivity index (χ1v) is 5.01. The normalized spacial score (nSPS) is 16.7. The number of rotatable bonds is 1. The number of anilines is 2. The molecule has 0 saturated carbocycles. The summed E-state index contributed by atoms with van der Waals surface area (Å²) in [4.78, 5) is 2.17. The third-order valence-corrected chi connectivity index (χ3v) is 2.58. The molecule has 0 amide bonds. The highest BCUT2D eigenvalue weighted by molar-refractivity contribution is 5.51. The summed E-state index contributed by atoms with van der Waals surface area (Å²) in [5, 5.41) is 11.4. The summed E-state index contributed by atoms with van der Waals surface area (Å²) in [7, 11) is 0. The average Bonchev–Trinajstić information content (AvgIpc) is 2.26. The zero-order valence-electron chi connectivity index (χ0n) is 8.77. The molecule has 1 aliphatic rings. The van der Waals surface area contributed by atoms with Crippen LogP contribution in [0.1, 0.15) is 5.69 Å². The molecular formula is C10H15N3O2. The summed E-state index contributed by atoms with van der Waals surface area (Å²) in [5.41, 5.74) is 7.24. The van der Waals surface area contributed by atoms with Gasteiger partial charge in [0.1, 0.15) is 5.69 Å². The highest BCUT2D eigenvalue weighted by atomic mass is 16.5. The average molecular weight is 209 g/mol. The predicted molar refractivity (Wildman–Crippen MR) is 57.6 cm³/mol. The SMILES string of the molecule is Cc1cc(N2CCOCC2)cc(N)[n+]1[O-]. The van der Waals surface area contributed by atoms with Gasteiger partial charge >= 0.3 is 0 Å². The van der Waals surface area contributed by atoms with Crippen LogP contribution in [-0.4, -0.2) is 26.3 Å². The van der Waals surface area contributed by atoms with Crippen molar-refractivity contribution in [1.82, 2.24) is 0 Å². The van der Waals surface area contributed by atoms with Gasteiger partial charge in [-0.15, -0.1) is 0 Å². The first-order chi connectivity index (χ1) is 7.18. The molecule has 1 aliphatic heterocycles. The van der Waals surface area contributed by atoms with Crippen LogP contribution in [0.15, 0.2) is 12.1 Å². The zero-order chi connectivity index (χ0) is 10.8. The molecule has 0 spiro atoms. The van der Waals surface area contributed by atoms with E-state index in [1.54, 1.807) is 13.0 Å². The van der Waals surface area contributed by atoms with E-state index >= 15 is 0 Å². The number of nitrogens with zero attached hydrogens (tertiary/aromatic N) is 2. The van der Waals surface area contributed by atoms with Gasteiger partial charge in [0.25, 0.3) is 5.82 Å². The Morgan fingerprint density at radius 1 is 1.40 bits per heavy atom. The number of aryl methyl sites for hydroxylation is 1. The lowest BCUT2D eigenvalue weighted by Crippen LogP contribution is -2.39. The Labute approximate surface area is 88.6 Å². The minimum absolute atomic E-state index is 0.247. The molecule has 0 bridgehead atoms. The minimum atomic E-state index is 0.247. The van der Waals surface area contributed by atoms with Crippen molar-refractivity contribution in [3.63, 3.8) is 0 Å². The van der Waals surface area contributed by atoms with Gasteiger partial charge in [-0.2, -0.15) is 0 Å². The van der Waals surface area contributed by atoms with Gasteiger partial charge in [-0.25, -0.2) is 4.73 Å². The van der Waals surface area contributed by atoms with Crippen molar-refractivity contribution >= 4 is 11.5 Å². The van der Waals surface area contributed by atoms with Crippen LogP contribution in [0, 0.1) is 12.1 Å². The maximum atomic E-state index is 11.4. The van der Waals surface area contributed by atoms with E-state index < -0.39 is 0 Å². The van der Waals surface area contributed by atoms with Crippen LogP contribution in [0.4, 0.5) is 11.5 Å². The van der Waals surface area contributed by atoms with Gasteiger partial charge in [0, 0.05) is 24.8 Å². The molecule has 1 aromatic rings. The Morgan fingerprint density at radius 2 is 2.07 bits per heavy atom. The van der Waals surface area contributed by atoms with Crippen molar-refractivity contribution in [1.29, 1.82) is 0 Å². The van der Waals surface area contributed by atoms with E-state index in [0.29, 0.717) is 5.69 Å². The Morgan fingerprint density at radius 3 is 2.67 bits per heavy atom. The van der Waals surface area contributed by atoms with Crippen molar-refractivity contribution < 1.29 is 9.47 Å². The molecule has 1 aromatic heterocycles. The van der Waals surface area contributed by atoms with Crippen molar-refractivity contribution in [3.05, 3.63) is 23.0 Å². The van der Waals surface area contributed by atoms with Crippen LogP contribution < -0.4 is 15.4 Å². The molecule has 0 radical (unpaired) electrons. The van der Waals surface area contributed by atoms with Gasteiger partial charge in [0.05, 0.1) is 19.3 Å². The first-order valence-electron chi connectivity index (χ1n) is 5.01. The molecule has 5 nitrogen and oxygen atoms in total. The molecule has 0 aliphatic carbocycles. The Balaban J connectivity index is 2.27. The summed E-state index contributed by atoms with van der Waals surface area (Å²) in [6.07, 6.45) is 0. The Bertz CT molecular complexity index is 339. The van der Waals surface area contributed by atoms with Crippen LogP contribution in [0.25, 0.3) is 0 Å². The second-order valence-electron chi connectivity index (χ2n) is 3.67. The number of hydrogen-bond acceptors (Lipinski definition) is 4. The molecule has 5 heteroatoms. The fourth-order valence-electron chi connectivity index (χ4n) is 1.73. The van der Waals surface area contributed by atoms with Crippen LogP contribution in [0.3, 0.4) is 0 Å². The molecule has 0 aromatic carbocycles. The fraction of sp³-hybridized carbons (Fsp3) is 0.500. The van der Waals surface area contributed by atoms with Crippen LogP contribution in [-0.2, 0) is 4.74 Å². The van der Waals surface area contributed by atoms with Gasteiger partial charge in [-0.3, -0.25) is 5.73 Å². The molecule has 2 N–H and O–H groups in total. The number of morpholine rings is 1. The highest BCUT2D eigenvalue weighted by Gasteiger charge is 2.14. The van der Waals surface area contributed by atoms with E-state index in [1.165, 1.54) is 0 Å². The maximum Gasteiger partial charge on any atom is 0.277 e. The summed E-state index contributed by atoms with van der Waals surface area (Å²) < 4.78 is 6.01. The van der Waals surface area contributed by atoms with Gasteiger partial charge in [0.15, 0.2) is 0 Å². The number of pyridine rings is 1. The van der Waals surface area contributed by atoms with Crippen molar-refractivity contribution in [3.8, 4) is 0 Å². The Hall–Kier alpha value is -1.49. The molecule has 2 rings (SSSR count). The van der Waals surface area contributed by atoms with E-state index in [4.69, 9.17) is 10.5 Å². The number of nitrogen functional groups attached to an aromatic ring is 1. The minimum Gasteiger partial charge on any atom is -0.710 e. The standard InChI is InChI=1S/C10H15N3O2/c1-8-6-9(7-10(11)13(8)14)12-2-4-15-5-3-12/h6-7H,2-5,11H2,1H3. The summed E-state index contributed by atoms with van der Waals surface area (Å²) >= 11 is 0. The number of aromatic nitrogens is 1. The van der Waals surface area contributed by atoms with Gasteiger partial charge in [-0.1, -0.05) is 0 Å². The smallest absolute Gasteiger partial charge is 0.277 e. The second kappa shape index (κ2) is 3.94. The predicted octanol–water partition coefficient (Wildman–Crippen LogP) is 0.0472. The lowest BCUT2D eigenvalue weighted by atomic mass is 10.2. The molecule has 0 atom stereocenters. The number of nitrogens with two attached hydrogens (primary N) is 1. The molecule has 1 saturated heterocycles. The fourth-order valence-corrected chi connectivity index (χ4v) is 1.73. The lowest BCUT2D eigenvalue weighted by molar-refractivity contribution is -0.596. The van der Waals surface area contributed by atoms with Crippen molar-refractivity contribution in [2.24, 2.45) is 0 Å². The third kappa shape index (κ3) is 1.97. The molecule has 82 valence electrons. The summed E-state index contributed by atoms with van der Waals surface area (Å²) in [6.45, 7) is 4.91. The third-order valence-electron chi connectivity index (χ3n) is 2.58. The molecule has 15 heavy (non-hydrogen) atoms. The van der Waals surface area contributed by atoms with Gasteiger partial charge in [0.2, 0.25) is 0 Å². The van der Waals surface area contributed by atoms with E-state index in [1.807, 2.05) is 6.07 Å². The van der Waals surface area contributed by atoms with Crippen LogP contribution in [0.5, 0.6) is 0 Å². The molecular weight excluding hydrogens is 194 g/mol. The maximum absolute atomic E-state index is 11.4. The van der Waals surface area contributed by atoms with Gasteiger partial charge in [-0.05, 0) is 6.92 Å². The number of ether oxygens (including phenoxy) is 1. The second-order valence-corrected chi connectivity index (χ2v) is 3.67. The highest BCUT2D eigenvalue weighted by Crippen LogP contribution is 2.17. The Kier molecular flexibility index (Phi) is 2.64. The molecule has 0 unspecified atom stereocenters. The first kappa shape index (κ1) is 10.0.